The number of nitrogens with one attached hydrogen (secondary N) is 1. The van der Waals surface area contributed by atoms with Crippen molar-refractivity contribution in [2.75, 3.05) is 6.54 Å². The van der Waals surface area contributed by atoms with Gasteiger partial charge in [0.2, 0.25) is 10.0 Å². The number of hydrogen-bond acceptors (Lipinski definition) is 5. The topological polar surface area (TPSA) is 116 Å². The highest BCUT2D eigenvalue weighted by Crippen LogP contribution is 2.21. The van der Waals surface area contributed by atoms with Crippen LogP contribution < -0.4 is 10.5 Å². The average Bonchev–Trinajstić information content (AvgIpc) is 2.63. The second kappa shape index (κ2) is 9.34. The van der Waals surface area contributed by atoms with Crippen LogP contribution >= 0.6 is 0 Å². The van der Waals surface area contributed by atoms with E-state index < -0.39 is 22.1 Å². The lowest BCUT2D eigenvalue weighted by atomic mass is 9.97. The van der Waals surface area contributed by atoms with E-state index in [4.69, 9.17) is 9.88 Å². The van der Waals surface area contributed by atoms with Gasteiger partial charge in [0.25, 0.3) is 5.91 Å². The Labute approximate surface area is 166 Å². The van der Waals surface area contributed by atoms with Crippen LogP contribution in [0.4, 0.5) is 0 Å². The van der Waals surface area contributed by atoms with Gasteiger partial charge in [0.15, 0.2) is 6.10 Å². The van der Waals surface area contributed by atoms with E-state index in [1.165, 1.54) is 37.5 Å². The predicted molar refractivity (Wildman–Crippen MR) is 106 cm³/mol. The van der Waals surface area contributed by atoms with Gasteiger partial charge in [0.05, 0.1) is 10.5 Å². The van der Waals surface area contributed by atoms with Gasteiger partial charge >= 0.3 is 5.97 Å². The van der Waals surface area contributed by atoms with Crippen LogP contribution in [-0.4, -0.2) is 32.9 Å². The van der Waals surface area contributed by atoms with Crippen molar-refractivity contribution < 1.29 is 22.7 Å². The van der Waals surface area contributed by atoms with Crippen molar-refractivity contribution in [1.29, 1.82) is 0 Å². The van der Waals surface area contributed by atoms with Crippen molar-refractivity contribution >= 4 is 21.9 Å². The van der Waals surface area contributed by atoms with Gasteiger partial charge in [0.1, 0.15) is 0 Å². The maximum Gasteiger partial charge on any atom is 0.338 e. The van der Waals surface area contributed by atoms with Crippen LogP contribution in [0.25, 0.3) is 0 Å². The van der Waals surface area contributed by atoms with E-state index in [9.17, 15) is 18.0 Å². The summed E-state index contributed by atoms with van der Waals surface area (Å²) in [6, 6.07) is 2.70. The van der Waals surface area contributed by atoms with Crippen LogP contribution in [0.5, 0.6) is 0 Å². The summed E-state index contributed by atoms with van der Waals surface area (Å²) in [5.74, 6) is -1.16. The van der Waals surface area contributed by atoms with Crippen LogP contribution in [0.1, 0.15) is 60.5 Å². The van der Waals surface area contributed by atoms with Crippen molar-refractivity contribution in [3.63, 3.8) is 0 Å². The number of ether oxygens (including phenoxy) is 1. The molecule has 2 rings (SSSR count). The number of primary sulfonamides is 1. The molecule has 7 nitrogen and oxygen atoms in total. The molecule has 28 heavy (non-hydrogen) atoms. The third kappa shape index (κ3) is 5.90. The number of benzene rings is 1. The van der Waals surface area contributed by atoms with Crippen LogP contribution in [-0.2, 0) is 19.6 Å². The van der Waals surface area contributed by atoms with E-state index in [0.717, 1.165) is 19.3 Å². The van der Waals surface area contributed by atoms with Crippen molar-refractivity contribution in [2.24, 2.45) is 5.14 Å². The van der Waals surface area contributed by atoms with E-state index in [1.54, 1.807) is 13.8 Å². The van der Waals surface area contributed by atoms with E-state index in [1.807, 2.05) is 0 Å². The SMILES string of the molecule is Cc1cc(C(=O)OC(C)C(=O)NCCC2=CCCCC2)cc(S(N)(=O)=O)c1C. The molecule has 1 atom stereocenters. The predicted octanol–water partition coefficient (Wildman–Crippen LogP) is 2.50. The van der Waals surface area contributed by atoms with Crippen molar-refractivity contribution in [3.05, 3.63) is 40.5 Å². The van der Waals surface area contributed by atoms with Crippen molar-refractivity contribution in [2.45, 2.75) is 63.9 Å². The molecule has 0 fully saturated rings. The van der Waals surface area contributed by atoms with Gasteiger partial charge in [-0.1, -0.05) is 11.6 Å². The minimum atomic E-state index is -3.97. The van der Waals surface area contributed by atoms with Crippen LogP contribution in [0, 0.1) is 13.8 Å². The Balaban J connectivity index is 1.97. The first kappa shape index (κ1) is 22.1. The monoisotopic (exact) mass is 408 g/mol. The highest BCUT2D eigenvalue weighted by molar-refractivity contribution is 7.89. The Bertz CT molecular complexity index is 890. The number of carbonyl (C=O) groups is 2. The number of esters is 1. The fraction of sp³-hybridized carbons (Fsp3) is 0.500. The molecule has 1 aliphatic carbocycles. The zero-order valence-corrected chi connectivity index (χ0v) is 17.4. The third-order valence-electron chi connectivity index (χ3n) is 4.95. The van der Waals surface area contributed by atoms with Crippen molar-refractivity contribution in [1.82, 2.24) is 5.32 Å². The normalized spacial score (nSPS) is 15.5. The number of hydrogen-bond donors (Lipinski definition) is 2. The number of allylic oxidation sites excluding steroid dienone is 1. The van der Waals surface area contributed by atoms with Crippen LogP contribution in [0.3, 0.4) is 0 Å². The maximum absolute atomic E-state index is 12.4. The molecule has 0 heterocycles. The molecule has 1 aliphatic rings. The second-order valence-electron chi connectivity index (χ2n) is 7.16. The fourth-order valence-corrected chi connectivity index (χ4v) is 4.02. The molecule has 0 saturated carbocycles. The summed E-state index contributed by atoms with van der Waals surface area (Å²) >= 11 is 0. The van der Waals surface area contributed by atoms with Crippen LogP contribution in [0.2, 0.25) is 0 Å². The number of nitrogens with two attached hydrogens (primary N) is 1. The third-order valence-corrected chi connectivity index (χ3v) is 5.98. The summed E-state index contributed by atoms with van der Waals surface area (Å²) in [4.78, 5) is 24.4. The minimum absolute atomic E-state index is 0.0409. The lowest BCUT2D eigenvalue weighted by Gasteiger charge is -2.16. The van der Waals surface area contributed by atoms with E-state index in [-0.39, 0.29) is 16.4 Å². The molecule has 1 aromatic carbocycles. The number of sulfonamides is 1. The van der Waals surface area contributed by atoms with Gasteiger partial charge in [-0.3, -0.25) is 4.79 Å². The molecule has 1 unspecified atom stereocenters. The quantitative estimate of drug-likeness (QED) is 0.531. The summed E-state index contributed by atoms with van der Waals surface area (Å²) in [7, 11) is -3.97. The first-order valence-corrected chi connectivity index (χ1v) is 10.9. The fourth-order valence-electron chi connectivity index (χ4n) is 3.14. The smallest absolute Gasteiger partial charge is 0.338 e. The van der Waals surface area contributed by atoms with Gasteiger partial charge in [-0.05, 0) is 76.1 Å². The summed E-state index contributed by atoms with van der Waals surface area (Å²) in [6.45, 7) is 5.26. The van der Waals surface area contributed by atoms with Gasteiger partial charge in [-0.15, -0.1) is 0 Å². The largest absolute Gasteiger partial charge is 0.449 e. The lowest BCUT2D eigenvalue weighted by molar-refractivity contribution is -0.129. The molecule has 0 saturated heterocycles. The highest BCUT2D eigenvalue weighted by atomic mass is 32.2. The Kier molecular flexibility index (Phi) is 7.37. The lowest BCUT2D eigenvalue weighted by Crippen LogP contribution is -2.36. The van der Waals surface area contributed by atoms with Gasteiger partial charge in [-0.2, -0.15) is 0 Å². The van der Waals surface area contributed by atoms with Gasteiger partial charge in [0, 0.05) is 6.54 Å². The van der Waals surface area contributed by atoms with Gasteiger partial charge in [-0.25, -0.2) is 18.4 Å². The summed E-state index contributed by atoms with van der Waals surface area (Å²) in [5.41, 5.74) is 2.46. The van der Waals surface area contributed by atoms with Gasteiger partial charge < -0.3 is 10.1 Å². The maximum atomic E-state index is 12.4. The Morgan fingerprint density at radius 1 is 1.25 bits per heavy atom. The zero-order valence-electron chi connectivity index (χ0n) is 16.6. The summed E-state index contributed by atoms with van der Waals surface area (Å²) < 4.78 is 28.6. The number of rotatable bonds is 7. The molecule has 8 heteroatoms. The summed E-state index contributed by atoms with van der Waals surface area (Å²) in [5, 5.41) is 7.98. The Morgan fingerprint density at radius 3 is 2.57 bits per heavy atom. The van der Waals surface area contributed by atoms with Crippen LogP contribution in [0.15, 0.2) is 28.7 Å². The average molecular weight is 409 g/mol. The van der Waals surface area contributed by atoms with Crippen molar-refractivity contribution in [3.8, 4) is 0 Å². The second-order valence-corrected chi connectivity index (χ2v) is 8.69. The summed E-state index contributed by atoms with van der Waals surface area (Å²) in [6.07, 6.45) is 6.59. The molecular formula is C20H28N2O5S. The molecule has 3 N–H and O–H groups in total. The van der Waals surface area contributed by atoms with E-state index in [0.29, 0.717) is 17.7 Å². The molecule has 0 aliphatic heterocycles. The molecule has 0 radical (unpaired) electrons. The first-order chi connectivity index (χ1) is 13.1. The molecule has 1 amide bonds. The molecule has 0 bridgehead atoms. The minimum Gasteiger partial charge on any atom is -0.449 e. The standard InChI is InChI=1S/C20H28N2O5S/c1-13-11-17(12-18(14(13)2)28(21,25)26)20(24)27-15(3)19(23)22-10-9-16-7-5-4-6-8-16/h7,11-12,15H,4-6,8-10H2,1-3H3,(H,22,23)(H2,21,25,26). The number of aryl methyl sites for hydroxylation is 1. The Morgan fingerprint density at radius 2 is 1.96 bits per heavy atom. The zero-order chi connectivity index (χ0) is 20.9. The molecule has 1 aromatic rings. The molecular weight excluding hydrogens is 380 g/mol. The first-order valence-electron chi connectivity index (χ1n) is 9.40. The molecule has 154 valence electrons. The highest BCUT2D eigenvalue weighted by Gasteiger charge is 2.22. The van der Waals surface area contributed by atoms with E-state index >= 15 is 0 Å². The molecule has 0 spiro atoms. The number of amides is 1. The van der Waals surface area contributed by atoms with E-state index in [2.05, 4.69) is 11.4 Å². The molecule has 0 aromatic heterocycles. The Hall–Kier alpha value is -2.19. The number of carbonyl (C=O) groups excluding carboxylic acids is 2.